The third-order valence-corrected chi connectivity index (χ3v) is 6.18. The molecule has 20 heavy (non-hydrogen) atoms. The molecule has 0 saturated heterocycles. The molecule has 1 aromatic rings. The molecule has 0 atom stereocenters. The van der Waals surface area contributed by atoms with Crippen molar-refractivity contribution in [2.24, 2.45) is 0 Å². The number of carbonyl (C=O) groups is 1. The third kappa shape index (κ3) is 3.39. The van der Waals surface area contributed by atoms with Crippen LogP contribution in [0.4, 0.5) is 0 Å². The van der Waals surface area contributed by atoms with Gasteiger partial charge in [0.1, 0.15) is 0 Å². The molecule has 0 bridgehead atoms. The topological polar surface area (TPSA) is 74.7 Å². The van der Waals surface area contributed by atoms with Crippen molar-refractivity contribution in [1.29, 1.82) is 0 Å². The van der Waals surface area contributed by atoms with Gasteiger partial charge < -0.3 is 5.11 Å². The number of benzene rings is 1. The van der Waals surface area contributed by atoms with E-state index < -0.39 is 16.0 Å². The molecular weight excluding hydrogens is 346 g/mol. The standard InChI is InChI=1S/C13H18BrNO4S/c1-4-10(5-2)15(3)20(18,19)12-7-6-9(13(16)17)8-11(12)14/h6-8,10H,4-5H2,1-3H3,(H,16,17). The number of sulfonamides is 1. The average molecular weight is 364 g/mol. The molecule has 0 amide bonds. The van der Waals surface area contributed by atoms with Crippen molar-refractivity contribution < 1.29 is 18.3 Å². The summed E-state index contributed by atoms with van der Waals surface area (Å²) in [6.07, 6.45) is 1.44. The maximum Gasteiger partial charge on any atom is 0.335 e. The molecule has 1 N–H and O–H groups in total. The molecule has 5 nitrogen and oxygen atoms in total. The maximum absolute atomic E-state index is 12.5. The number of carboxylic acid groups (broad SMARTS) is 1. The molecule has 112 valence electrons. The van der Waals surface area contributed by atoms with Gasteiger partial charge in [-0.15, -0.1) is 0 Å². The number of nitrogens with zero attached hydrogens (tertiary/aromatic N) is 1. The number of hydrogen-bond donors (Lipinski definition) is 1. The van der Waals surface area contributed by atoms with E-state index >= 15 is 0 Å². The molecule has 0 aromatic heterocycles. The van der Waals surface area contributed by atoms with Crippen LogP contribution in [0.1, 0.15) is 37.0 Å². The Labute approximate surface area is 127 Å². The highest BCUT2D eigenvalue weighted by Crippen LogP contribution is 2.27. The molecular formula is C13H18BrNO4S. The zero-order valence-corrected chi connectivity index (χ0v) is 14.0. The van der Waals surface area contributed by atoms with Gasteiger partial charge in [-0.25, -0.2) is 13.2 Å². The minimum Gasteiger partial charge on any atom is -0.478 e. The van der Waals surface area contributed by atoms with E-state index in [-0.39, 0.29) is 21.0 Å². The Balaban J connectivity index is 3.26. The normalized spacial score (nSPS) is 12.1. The maximum atomic E-state index is 12.5. The highest BCUT2D eigenvalue weighted by atomic mass is 79.9. The molecule has 0 fully saturated rings. The average Bonchev–Trinajstić information content (AvgIpc) is 2.39. The predicted octanol–water partition coefficient (Wildman–Crippen LogP) is 2.96. The van der Waals surface area contributed by atoms with Gasteiger partial charge in [0.25, 0.3) is 0 Å². The Morgan fingerprint density at radius 1 is 1.35 bits per heavy atom. The first-order valence-electron chi connectivity index (χ1n) is 6.26. The summed E-state index contributed by atoms with van der Waals surface area (Å²) in [6.45, 7) is 3.87. The van der Waals surface area contributed by atoms with Crippen molar-refractivity contribution >= 4 is 31.9 Å². The van der Waals surface area contributed by atoms with Crippen LogP contribution in [-0.2, 0) is 10.0 Å². The van der Waals surface area contributed by atoms with Gasteiger partial charge in [0.2, 0.25) is 10.0 Å². The van der Waals surface area contributed by atoms with Crippen molar-refractivity contribution in [1.82, 2.24) is 4.31 Å². The van der Waals surface area contributed by atoms with E-state index in [1.807, 2.05) is 13.8 Å². The summed E-state index contributed by atoms with van der Waals surface area (Å²) in [6, 6.07) is 3.84. The molecule has 0 heterocycles. The summed E-state index contributed by atoms with van der Waals surface area (Å²) < 4.78 is 26.7. The Hall–Kier alpha value is -0.920. The molecule has 0 spiro atoms. The van der Waals surface area contributed by atoms with E-state index in [2.05, 4.69) is 15.9 Å². The van der Waals surface area contributed by atoms with Crippen LogP contribution >= 0.6 is 15.9 Å². The van der Waals surface area contributed by atoms with Crippen LogP contribution in [0.3, 0.4) is 0 Å². The van der Waals surface area contributed by atoms with Crippen molar-refractivity contribution in [2.45, 2.75) is 37.6 Å². The SMILES string of the molecule is CCC(CC)N(C)S(=O)(=O)c1ccc(C(=O)O)cc1Br. The van der Waals surface area contributed by atoms with Crippen LogP contribution < -0.4 is 0 Å². The van der Waals surface area contributed by atoms with Gasteiger partial charge in [-0.1, -0.05) is 13.8 Å². The molecule has 0 aliphatic heterocycles. The van der Waals surface area contributed by atoms with E-state index in [1.54, 1.807) is 7.05 Å². The lowest BCUT2D eigenvalue weighted by Crippen LogP contribution is -2.36. The van der Waals surface area contributed by atoms with Crippen molar-refractivity contribution in [2.75, 3.05) is 7.05 Å². The molecule has 7 heteroatoms. The number of rotatable bonds is 6. The highest BCUT2D eigenvalue weighted by molar-refractivity contribution is 9.10. The number of hydrogen-bond acceptors (Lipinski definition) is 3. The molecule has 0 saturated carbocycles. The molecule has 0 aliphatic carbocycles. The van der Waals surface area contributed by atoms with Crippen molar-refractivity contribution in [3.05, 3.63) is 28.2 Å². The number of aromatic carboxylic acids is 1. The summed E-state index contributed by atoms with van der Waals surface area (Å²) >= 11 is 3.14. The van der Waals surface area contributed by atoms with Crippen molar-refractivity contribution in [3.8, 4) is 0 Å². The van der Waals surface area contributed by atoms with E-state index in [9.17, 15) is 13.2 Å². The van der Waals surface area contributed by atoms with Gasteiger partial charge in [0.15, 0.2) is 0 Å². The Morgan fingerprint density at radius 3 is 2.30 bits per heavy atom. The summed E-state index contributed by atoms with van der Waals surface area (Å²) in [5.41, 5.74) is 0.0426. The monoisotopic (exact) mass is 363 g/mol. The minimum absolute atomic E-state index is 0.0426. The van der Waals surface area contributed by atoms with Gasteiger partial charge in [-0.2, -0.15) is 4.31 Å². The molecule has 0 unspecified atom stereocenters. The summed E-state index contributed by atoms with van der Waals surface area (Å²) in [7, 11) is -2.10. The van der Waals surface area contributed by atoms with Crippen molar-refractivity contribution in [3.63, 3.8) is 0 Å². The lowest BCUT2D eigenvalue weighted by molar-refractivity contribution is 0.0696. The van der Waals surface area contributed by atoms with Crippen LogP contribution in [0.5, 0.6) is 0 Å². The van der Waals surface area contributed by atoms with Crippen LogP contribution in [-0.4, -0.2) is 36.9 Å². The van der Waals surface area contributed by atoms with E-state index in [0.717, 1.165) is 12.8 Å². The highest BCUT2D eigenvalue weighted by Gasteiger charge is 2.28. The lowest BCUT2D eigenvalue weighted by Gasteiger charge is -2.26. The van der Waals surface area contributed by atoms with Gasteiger partial charge in [0.05, 0.1) is 10.5 Å². The van der Waals surface area contributed by atoms with Crippen LogP contribution in [0.2, 0.25) is 0 Å². The molecule has 0 aliphatic rings. The second-order valence-corrected chi connectivity index (χ2v) is 7.26. The fourth-order valence-electron chi connectivity index (χ4n) is 2.00. The zero-order valence-electron chi connectivity index (χ0n) is 11.6. The van der Waals surface area contributed by atoms with E-state index in [0.29, 0.717) is 0 Å². The van der Waals surface area contributed by atoms with Crippen LogP contribution in [0.15, 0.2) is 27.6 Å². The zero-order chi connectivity index (χ0) is 15.5. The van der Waals surface area contributed by atoms with Gasteiger partial charge in [-0.05, 0) is 47.0 Å². The molecule has 0 radical (unpaired) electrons. The van der Waals surface area contributed by atoms with E-state index in [4.69, 9.17) is 5.11 Å². The fraction of sp³-hybridized carbons (Fsp3) is 0.462. The second-order valence-electron chi connectivity index (χ2n) is 4.44. The molecule has 1 rings (SSSR count). The quantitative estimate of drug-likeness (QED) is 0.842. The first-order valence-corrected chi connectivity index (χ1v) is 8.49. The summed E-state index contributed by atoms with van der Waals surface area (Å²) in [5.74, 6) is -1.09. The van der Waals surface area contributed by atoms with Gasteiger partial charge in [0, 0.05) is 17.6 Å². The third-order valence-electron chi connectivity index (χ3n) is 3.29. The predicted molar refractivity (Wildman–Crippen MR) is 80.4 cm³/mol. The number of carboxylic acids is 1. The lowest BCUT2D eigenvalue weighted by atomic mass is 10.2. The minimum atomic E-state index is -3.64. The Morgan fingerprint density at radius 2 is 1.90 bits per heavy atom. The second kappa shape index (κ2) is 6.69. The van der Waals surface area contributed by atoms with Crippen LogP contribution in [0, 0.1) is 0 Å². The summed E-state index contributed by atoms with van der Waals surface area (Å²) in [5, 5.41) is 8.90. The first kappa shape index (κ1) is 17.1. The smallest absolute Gasteiger partial charge is 0.335 e. The van der Waals surface area contributed by atoms with Gasteiger partial charge >= 0.3 is 5.97 Å². The Kier molecular flexibility index (Phi) is 5.73. The van der Waals surface area contributed by atoms with Crippen LogP contribution in [0.25, 0.3) is 0 Å². The summed E-state index contributed by atoms with van der Waals surface area (Å²) in [4.78, 5) is 10.9. The molecule has 1 aromatic carbocycles. The first-order chi connectivity index (χ1) is 9.25. The van der Waals surface area contributed by atoms with Gasteiger partial charge in [-0.3, -0.25) is 0 Å². The van der Waals surface area contributed by atoms with E-state index in [1.165, 1.54) is 22.5 Å². The Bertz CT molecular complexity index is 596. The number of halogens is 1. The fourth-order valence-corrected chi connectivity index (χ4v) is 4.54. The largest absolute Gasteiger partial charge is 0.478 e.